The van der Waals surface area contributed by atoms with Crippen molar-refractivity contribution in [1.29, 1.82) is 0 Å². The molecule has 4 nitrogen and oxygen atoms in total. The third kappa shape index (κ3) is 2.92. The first-order valence-electron chi connectivity index (χ1n) is 4.92. The van der Waals surface area contributed by atoms with Crippen LogP contribution in [0.25, 0.3) is 0 Å². The van der Waals surface area contributed by atoms with Crippen LogP contribution in [0, 0.1) is 0 Å². The van der Waals surface area contributed by atoms with Crippen LogP contribution in [-0.2, 0) is 0 Å². The normalized spacial score (nSPS) is 10.6. The molecule has 0 unspecified atom stereocenters. The van der Waals surface area contributed by atoms with Gasteiger partial charge in [0.15, 0.2) is 10.7 Å². The summed E-state index contributed by atoms with van der Waals surface area (Å²) < 4.78 is 5.09. The van der Waals surface area contributed by atoms with E-state index in [0.717, 1.165) is 0 Å². The summed E-state index contributed by atoms with van der Waals surface area (Å²) in [5.74, 6) is 0.719. The van der Waals surface area contributed by atoms with Crippen LogP contribution in [0.3, 0.4) is 0 Å². The Labute approximate surface area is 104 Å². The molecule has 1 aromatic heterocycles. The highest BCUT2D eigenvalue weighted by Gasteiger charge is 2.01. The van der Waals surface area contributed by atoms with Gasteiger partial charge in [0, 0.05) is 5.56 Å². The van der Waals surface area contributed by atoms with E-state index in [9.17, 15) is 5.11 Å². The fraction of sp³-hybridized carbons (Fsp3) is 0. The molecule has 2 rings (SSSR count). The number of phenolic OH excluding ortho intramolecular Hbond substituents is 1. The second kappa shape index (κ2) is 5.27. The van der Waals surface area contributed by atoms with Crippen LogP contribution in [0.5, 0.6) is 5.75 Å². The first-order chi connectivity index (χ1) is 8.27. The number of aromatic hydroxyl groups is 1. The van der Waals surface area contributed by atoms with E-state index in [-0.39, 0.29) is 5.75 Å². The zero-order chi connectivity index (χ0) is 12.1. The van der Waals surface area contributed by atoms with Crippen molar-refractivity contribution in [3.63, 3.8) is 0 Å². The second-order valence-electron chi connectivity index (χ2n) is 3.24. The standard InChI is InChI=1S/C12H10N2O2S/c15-10-5-2-1-4-9(10)8-13-14-12(17)11-6-3-7-16-11/h1-8,15H,(H,14,17)/b13-8+. The molecule has 2 aromatic rings. The lowest BCUT2D eigenvalue weighted by molar-refractivity contribution is 0.474. The summed E-state index contributed by atoms with van der Waals surface area (Å²) in [6.07, 6.45) is 3.03. The predicted molar refractivity (Wildman–Crippen MR) is 69.2 cm³/mol. The second-order valence-corrected chi connectivity index (χ2v) is 3.64. The largest absolute Gasteiger partial charge is 0.507 e. The van der Waals surface area contributed by atoms with Crippen molar-refractivity contribution in [1.82, 2.24) is 5.43 Å². The van der Waals surface area contributed by atoms with E-state index in [4.69, 9.17) is 16.6 Å². The monoisotopic (exact) mass is 246 g/mol. The predicted octanol–water partition coefficient (Wildman–Crippen LogP) is 2.28. The molecule has 0 atom stereocenters. The van der Waals surface area contributed by atoms with E-state index in [1.165, 1.54) is 12.5 Å². The minimum Gasteiger partial charge on any atom is -0.507 e. The maximum absolute atomic E-state index is 9.49. The van der Waals surface area contributed by atoms with Gasteiger partial charge in [-0.1, -0.05) is 24.4 Å². The van der Waals surface area contributed by atoms with Crippen LogP contribution in [-0.4, -0.2) is 16.3 Å². The molecule has 86 valence electrons. The lowest BCUT2D eigenvalue weighted by Gasteiger charge is -1.99. The Morgan fingerprint density at radius 2 is 2.12 bits per heavy atom. The van der Waals surface area contributed by atoms with Gasteiger partial charge in [-0.2, -0.15) is 5.10 Å². The van der Waals surface area contributed by atoms with Gasteiger partial charge < -0.3 is 9.52 Å². The molecule has 0 bridgehead atoms. The van der Waals surface area contributed by atoms with Crippen molar-refractivity contribution >= 4 is 23.4 Å². The summed E-state index contributed by atoms with van der Waals surface area (Å²) in [6.45, 7) is 0. The van der Waals surface area contributed by atoms with Crippen molar-refractivity contribution in [2.75, 3.05) is 0 Å². The van der Waals surface area contributed by atoms with E-state index in [1.54, 1.807) is 30.3 Å². The number of rotatable bonds is 3. The maximum atomic E-state index is 9.49. The Morgan fingerprint density at radius 3 is 2.82 bits per heavy atom. The van der Waals surface area contributed by atoms with Gasteiger partial charge in [0.1, 0.15) is 5.75 Å². The molecule has 0 aliphatic carbocycles. The van der Waals surface area contributed by atoms with Crippen molar-refractivity contribution in [2.24, 2.45) is 5.10 Å². The molecule has 5 heteroatoms. The zero-order valence-electron chi connectivity index (χ0n) is 8.83. The van der Waals surface area contributed by atoms with Crippen LogP contribution in [0.2, 0.25) is 0 Å². The van der Waals surface area contributed by atoms with E-state index in [1.807, 2.05) is 6.07 Å². The summed E-state index contributed by atoms with van der Waals surface area (Å²) in [6, 6.07) is 10.4. The van der Waals surface area contributed by atoms with Gasteiger partial charge in [-0.05, 0) is 24.3 Å². The number of para-hydroxylation sites is 1. The quantitative estimate of drug-likeness (QED) is 0.495. The van der Waals surface area contributed by atoms with Crippen molar-refractivity contribution in [2.45, 2.75) is 0 Å². The molecule has 0 saturated carbocycles. The van der Waals surface area contributed by atoms with Crippen LogP contribution in [0.1, 0.15) is 11.3 Å². The van der Waals surface area contributed by atoms with Gasteiger partial charge in [-0.15, -0.1) is 0 Å². The van der Waals surface area contributed by atoms with Crippen molar-refractivity contribution in [3.05, 3.63) is 54.0 Å². The smallest absolute Gasteiger partial charge is 0.162 e. The van der Waals surface area contributed by atoms with Gasteiger partial charge in [-0.3, -0.25) is 5.43 Å². The average molecular weight is 246 g/mol. The Bertz CT molecular complexity index is 535. The number of thiocarbonyl (C=S) groups is 1. The summed E-state index contributed by atoms with van der Waals surface area (Å²) >= 11 is 5.04. The van der Waals surface area contributed by atoms with E-state index >= 15 is 0 Å². The summed E-state index contributed by atoms with van der Waals surface area (Å²) in [7, 11) is 0. The molecule has 2 N–H and O–H groups in total. The molecular weight excluding hydrogens is 236 g/mol. The fourth-order valence-electron chi connectivity index (χ4n) is 1.22. The highest BCUT2D eigenvalue weighted by atomic mass is 32.1. The molecule has 0 fully saturated rings. The Morgan fingerprint density at radius 1 is 1.29 bits per heavy atom. The van der Waals surface area contributed by atoms with Gasteiger partial charge in [0.25, 0.3) is 0 Å². The number of nitrogens with zero attached hydrogens (tertiary/aromatic N) is 1. The molecule has 0 amide bonds. The number of hydrogen-bond donors (Lipinski definition) is 2. The average Bonchev–Trinajstić information content (AvgIpc) is 2.85. The zero-order valence-corrected chi connectivity index (χ0v) is 9.65. The first kappa shape index (κ1) is 11.3. The molecule has 0 spiro atoms. The molecule has 1 heterocycles. The topological polar surface area (TPSA) is 57.8 Å². The lowest BCUT2D eigenvalue weighted by Crippen LogP contribution is -2.15. The summed E-state index contributed by atoms with van der Waals surface area (Å²) in [5, 5.41) is 13.4. The number of phenols is 1. The van der Waals surface area contributed by atoms with Crippen molar-refractivity contribution in [3.8, 4) is 5.75 Å². The number of furan rings is 1. The highest BCUT2D eigenvalue weighted by molar-refractivity contribution is 7.80. The number of nitrogens with one attached hydrogen (secondary N) is 1. The molecule has 1 aromatic carbocycles. The van der Waals surface area contributed by atoms with E-state index < -0.39 is 0 Å². The number of hydrazone groups is 1. The third-order valence-electron chi connectivity index (χ3n) is 2.05. The van der Waals surface area contributed by atoms with Crippen LogP contribution in [0.4, 0.5) is 0 Å². The van der Waals surface area contributed by atoms with E-state index in [2.05, 4.69) is 10.5 Å². The first-order valence-corrected chi connectivity index (χ1v) is 5.33. The Hall–Kier alpha value is -2.14. The molecule has 0 radical (unpaired) electrons. The molecule has 0 aliphatic rings. The number of hydrogen-bond acceptors (Lipinski definition) is 4. The SMILES string of the molecule is Oc1ccccc1/C=N/NC(=S)c1ccco1. The Kier molecular flexibility index (Phi) is 3.52. The van der Waals surface area contributed by atoms with Crippen LogP contribution < -0.4 is 5.43 Å². The van der Waals surface area contributed by atoms with Gasteiger partial charge in [0.05, 0.1) is 12.5 Å². The molecule has 17 heavy (non-hydrogen) atoms. The lowest BCUT2D eigenvalue weighted by atomic mass is 10.2. The molecular formula is C12H10N2O2S. The molecule has 0 saturated heterocycles. The fourth-order valence-corrected chi connectivity index (χ4v) is 1.39. The summed E-state index contributed by atoms with van der Waals surface area (Å²) in [5.41, 5.74) is 3.27. The summed E-state index contributed by atoms with van der Waals surface area (Å²) in [4.78, 5) is 0.390. The minimum absolute atomic E-state index is 0.168. The minimum atomic E-state index is 0.168. The van der Waals surface area contributed by atoms with Crippen molar-refractivity contribution < 1.29 is 9.52 Å². The van der Waals surface area contributed by atoms with Gasteiger partial charge in [-0.25, -0.2) is 0 Å². The third-order valence-corrected chi connectivity index (χ3v) is 2.34. The van der Waals surface area contributed by atoms with Gasteiger partial charge >= 0.3 is 0 Å². The maximum Gasteiger partial charge on any atom is 0.162 e. The highest BCUT2D eigenvalue weighted by Crippen LogP contribution is 2.12. The van der Waals surface area contributed by atoms with E-state index in [0.29, 0.717) is 16.3 Å². The van der Waals surface area contributed by atoms with Gasteiger partial charge in [0.2, 0.25) is 0 Å². The van der Waals surface area contributed by atoms with Crippen LogP contribution in [0.15, 0.2) is 52.2 Å². The number of benzene rings is 1. The molecule has 0 aliphatic heterocycles. The Balaban J connectivity index is 1.99. The van der Waals surface area contributed by atoms with Crippen LogP contribution >= 0.6 is 12.2 Å².